The first-order valence-corrected chi connectivity index (χ1v) is 13.3. The Morgan fingerprint density at radius 3 is 1.15 bits per heavy atom. The number of aryl methyl sites for hydroxylation is 2. The summed E-state index contributed by atoms with van der Waals surface area (Å²) in [6.07, 6.45) is -7.81. The normalized spacial score (nSPS) is 11.3. The number of aliphatic carboxylic acids is 3. The van der Waals surface area contributed by atoms with Crippen molar-refractivity contribution >= 4 is 51.1 Å². The first-order chi connectivity index (χ1) is 22.1. The number of benzene rings is 2. The van der Waals surface area contributed by atoms with Crippen LogP contribution >= 0.6 is 0 Å². The van der Waals surface area contributed by atoms with Crippen molar-refractivity contribution in [2.75, 3.05) is 11.5 Å². The van der Waals surface area contributed by atoms with E-state index in [0.29, 0.717) is 0 Å². The smallest absolute Gasteiger partial charge is 0.490 e. The van der Waals surface area contributed by atoms with Crippen LogP contribution in [0.1, 0.15) is 19.3 Å². The number of nitrogens with zero attached hydrogens (tertiary/aromatic N) is 2. The van der Waals surface area contributed by atoms with Gasteiger partial charge in [0.1, 0.15) is 25.0 Å². The van der Waals surface area contributed by atoms with Crippen molar-refractivity contribution in [3.8, 4) is 0 Å². The molecular weight excluding hydrogens is 671 g/mol. The number of hydrogen-bond acceptors (Lipinski definition) is 7. The first-order valence-electron chi connectivity index (χ1n) is 13.3. The average Bonchev–Trinajstić information content (AvgIpc) is 2.99. The summed E-state index contributed by atoms with van der Waals surface area (Å²) in [6, 6.07) is 20.7. The molecule has 0 radical (unpaired) electrons. The Bertz CT molecular complexity index is 1550. The fourth-order valence-electron chi connectivity index (χ4n) is 3.75. The molecule has 0 bridgehead atoms. The molecule has 19 heteroatoms. The van der Waals surface area contributed by atoms with E-state index >= 15 is 0 Å². The van der Waals surface area contributed by atoms with Gasteiger partial charge >= 0.3 is 24.5 Å². The number of pyridine rings is 2. The Hall–Kier alpha value is -5.36. The van der Waals surface area contributed by atoms with E-state index in [9.17, 15) is 39.5 Å². The number of unbranched alkanes of at least 4 members (excludes halogenated alkanes) is 2. The third-order valence-corrected chi connectivity index (χ3v) is 5.92. The molecule has 0 fully saturated rings. The highest BCUT2D eigenvalue weighted by molar-refractivity contribution is 5.88. The minimum Gasteiger partial charge on any atom is -0.542 e. The number of carbonyl (C=O) groups excluding carboxylic acids is 2. The van der Waals surface area contributed by atoms with Crippen molar-refractivity contribution in [3.63, 3.8) is 0 Å². The van der Waals surface area contributed by atoms with Gasteiger partial charge in [-0.25, -0.2) is 4.79 Å². The van der Waals surface area contributed by atoms with Gasteiger partial charge in [-0.15, -0.1) is 0 Å². The molecular formula is C29H27F9N4O6. The molecule has 48 heavy (non-hydrogen) atoms. The van der Waals surface area contributed by atoms with Gasteiger partial charge in [0.25, 0.3) is 0 Å². The van der Waals surface area contributed by atoms with Crippen LogP contribution in [0.2, 0.25) is 0 Å². The molecule has 0 aliphatic heterocycles. The lowest BCUT2D eigenvalue weighted by Crippen LogP contribution is -2.37. The van der Waals surface area contributed by atoms with Crippen molar-refractivity contribution in [1.82, 2.24) is 0 Å². The number of carbonyl (C=O) groups is 3. The molecule has 2 aromatic heterocycles. The Balaban J connectivity index is 0.000000448. The maximum atomic E-state index is 10.6. The van der Waals surface area contributed by atoms with Gasteiger partial charge in [-0.3, -0.25) is 0 Å². The van der Waals surface area contributed by atoms with Crippen LogP contribution in [-0.4, -0.2) is 41.5 Å². The SMILES string of the molecule is Nc1cc[n+](CCCCC[n+]2ccc(N)c3ccccc32)c2ccccc12.O=C(O)C(F)(F)F.O=C([O-])C(F)(F)F.O=C([O-])C(F)(F)F. The fraction of sp³-hybridized carbons (Fsp3) is 0.276. The first kappa shape index (κ1) is 40.7. The van der Waals surface area contributed by atoms with Crippen LogP contribution in [0.15, 0.2) is 73.1 Å². The van der Waals surface area contributed by atoms with Gasteiger partial charge in [-0.1, -0.05) is 24.3 Å². The lowest BCUT2D eigenvalue weighted by atomic mass is 10.1. The largest absolute Gasteiger partial charge is 0.542 e. The number of carboxylic acid groups (broad SMARTS) is 3. The molecule has 4 aromatic rings. The van der Waals surface area contributed by atoms with Crippen LogP contribution < -0.4 is 30.8 Å². The molecule has 0 atom stereocenters. The molecule has 2 aromatic carbocycles. The summed E-state index contributed by atoms with van der Waals surface area (Å²) >= 11 is 0. The highest BCUT2D eigenvalue weighted by atomic mass is 19.4. The lowest BCUT2D eigenvalue weighted by molar-refractivity contribution is -0.675. The van der Waals surface area contributed by atoms with Crippen molar-refractivity contribution < 1.29 is 78.4 Å². The van der Waals surface area contributed by atoms with Crippen LogP contribution in [0.4, 0.5) is 50.9 Å². The Morgan fingerprint density at radius 1 is 0.583 bits per heavy atom. The summed E-state index contributed by atoms with van der Waals surface area (Å²) in [5, 5.41) is 27.0. The second-order valence-corrected chi connectivity index (χ2v) is 9.40. The zero-order chi connectivity index (χ0) is 36.9. The molecule has 10 nitrogen and oxygen atoms in total. The molecule has 0 amide bonds. The molecule has 0 saturated heterocycles. The van der Waals surface area contributed by atoms with Crippen LogP contribution in [0.5, 0.6) is 0 Å². The van der Waals surface area contributed by atoms with E-state index in [-0.39, 0.29) is 0 Å². The minimum atomic E-state index is -5.19. The van der Waals surface area contributed by atoms with Crippen LogP contribution in [-0.2, 0) is 27.5 Å². The van der Waals surface area contributed by atoms with Crippen molar-refractivity contribution in [3.05, 3.63) is 73.1 Å². The van der Waals surface area contributed by atoms with E-state index in [1.807, 2.05) is 24.3 Å². The quantitative estimate of drug-likeness (QED) is 0.156. The Morgan fingerprint density at radius 2 is 0.875 bits per heavy atom. The Labute approximate surface area is 265 Å². The van der Waals surface area contributed by atoms with E-state index in [2.05, 4.69) is 57.9 Å². The topological polar surface area (TPSA) is 177 Å². The second kappa shape index (κ2) is 17.5. The number of aromatic nitrogens is 2. The molecule has 4 rings (SSSR count). The van der Waals surface area contributed by atoms with E-state index < -0.39 is 36.4 Å². The summed E-state index contributed by atoms with van der Waals surface area (Å²) in [4.78, 5) is 26.5. The van der Waals surface area contributed by atoms with E-state index in [4.69, 9.17) is 41.2 Å². The van der Waals surface area contributed by atoms with Crippen molar-refractivity contribution in [2.45, 2.75) is 50.9 Å². The van der Waals surface area contributed by atoms with E-state index in [0.717, 1.165) is 48.1 Å². The summed E-state index contributed by atoms with van der Waals surface area (Å²) in [5.41, 5.74) is 16.3. The van der Waals surface area contributed by atoms with Gasteiger partial charge in [0.2, 0.25) is 11.0 Å². The minimum absolute atomic E-state index is 0.841. The zero-order valence-corrected chi connectivity index (χ0v) is 24.4. The highest BCUT2D eigenvalue weighted by Gasteiger charge is 2.38. The van der Waals surface area contributed by atoms with Crippen LogP contribution in [0.3, 0.4) is 0 Å². The monoisotopic (exact) mass is 698 g/mol. The number of rotatable bonds is 6. The summed E-state index contributed by atoms with van der Waals surface area (Å²) < 4.78 is 99.4. The summed E-state index contributed by atoms with van der Waals surface area (Å²) in [5.74, 6) is -8.77. The number of halogens is 9. The lowest BCUT2D eigenvalue weighted by Gasteiger charge is -2.05. The van der Waals surface area contributed by atoms with Gasteiger partial charge in [0.05, 0.1) is 22.1 Å². The number of fused-ring (bicyclic) bond motifs is 2. The maximum Gasteiger partial charge on any atom is 0.490 e. The van der Waals surface area contributed by atoms with Gasteiger partial charge in [-0.05, 0) is 18.6 Å². The third kappa shape index (κ3) is 13.6. The number of hydrogen-bond donors (Lipinski definition) is 3. The zero-order valence-electron chi connectivity index (χ0n) is 24.4. The highest BCUT2D eigenvalue weighted by Crippen LogP contribution is 2.18. The van der Waals surface area contributed by atoms with Crippen molar-refractivity contribution in [2.24, 2.45) is 0 Å². The van der Waals surface area contributed by atoms with Gasteiger partial charge in [0.15, 0.2) is 12.4 Å². The number of carboxylic acids is 3. The number of anilines is 2. The summed E-state index contributed by atoms with van der Waals surface area (Å²) in [7, 11) is 0. The standard InChI is InChI=1S/C23H24N4.3C2HF3O2/c24-20-12-16-26(22-10-4-2-8-18(20)22)14-6-1-7-15-27-17-13-21(25)19-9-3-5-11-23(19)27;3*3-2(4,5)1(6)7/h2-5,8-13,16-17,24-25H,1,6-7,14-15H2;3*(H,6,7). The molecule has 0 aliphatic rings. The molecule has 5 N–H and O–H groups in total. The van der Waals surface area contributed by atoms with E-state index in [1.54, 1.807) is 0 Å². The molecule has 0 aliphatic carbocycles. The summed E-state index contributed by atoms with van der Waals surface area (Å²) in [6.45, 7) is 2.02. The average molecular weight is 699 g/mol. The predicted molar refractivity (Wildman–Crippen MR) is 147 cm³/mol. The number of alkyl halides is 9. The van der Waals surface area contributed by atoms with Crippen LogP contribution in [0.25, 0.3) is 21.8 Å². The van der Waals surface area contributed by atoms with Gasteiger partial charge < -0.3 is 36.4 Å². The Kier molecular flexibility index (Phi) is 14.8. The van der Waals surface area contributed by atoms with E-state index in [1.165, 1.54) is 17.5 Å². The molecule has 0 spiro atoms. The number of nitrogens with two attached hydrogens (primary N) is 2. The van der Waals surface area contributed by atoms with Crippen molar-refractivity contribution in [1.29, 1.82) is 0 Å². The third-order valence-electron chi connectivity index (χ3n) is 5.92. The van der Waals surface area contributed by atoms with Gasteiger partial charge in [-0.2, -0.15) is 48.6 Å². The van der Waals surface area contributed by atoms with Gasteiger partial charge in [0, 0.05) is 37.1 Å². The molecule has 0 unspecified atom stereocenters. The number of para-hydroxylation sites is 2. The molecule has 262 valence electrons. The predicted octanol–water partition coefficient (Wildman–Crippen LogP) is 2.83. The van der Waals surface area contributed by atoms with Crippen LogP contribution in [0, 0.1) is 0 Å². The molecule has 2 heterocycles. The maximum absolute atomic E-state index is 10.6. The molecule has 0 saturated carbocycles. The second-order valence-electron chi connectivity index (χ2n) is 9.40. The number of nitrogen functional groups attached to an aromatic ring is 2. The fourth-order valence-corrected chi connectivity index (χ4v) is 3.75.